The molecule has 0 N–H and O–H groups in total. The molecule has 0 aliphatic rings. The van der Waals surface area contributed by atoms with E-state index < -0.39 is 0 Å². The van der Waals surface area contributed by atoms with Crippen LogP contribution < -0.4 is 0 Å². The lowest BCUT2D eigenvalue weighted by Gasteiger charge is -2.22. The van der Waals surface area contributed by atoms with E-state index in [9.17, 15) is 4.79 Å². The Morgan fingerprint density at radius 3 is 2.00 bits per heavy atom. The van der Waals surface area contributed by atoms with E-state index >= 15 is 0 Å². The molecule has 0 aromatic carbocycles. The second kappa shape index (κ2) is 16.6. The summed E-state index contributed by atoms with van der Waals surface area (Å²) in [5, 5.41) is 0. The number of nitrogens with zero attached hydrogens (tertiary/aromatic N) is 1. The molecular weight excluding hydrogens is 346 g/mol. The first-order valence-corrected chi connectivity index (χ1v) is 11.1. The number of hydrogen-bond donors (Lipinski definition) is 0. The molecule has 28 heavy (non-hydrogen) atoms. The standard InChI is InChI=1S/C25H45NO2/c1-8-26(9-2)19-18-25(20-28-24(7)27)17-16-23(6)15-11-14-22(5)13-10-12-21(3)4/h12,14,16,25H,8-11,13,15,17-20H2,1-7H3. The van der Waals surface area contributed by atoms with Crippen molar-refractivity contribution in [1.82, 2.24) is 4.90 Å². The van der Waals surface area contributed by atoms with Gasteiger partial charge < -0.3 is 9.64 Å². The fourth-order valence-electron chi connectivity index (χ4n) is 3.12. The molecule has 0 rings (SSSR count). The Kier molecular flexibility index (Phi) is 15.8. The van der Waals surface area contributed by atoms with Gasteiger partial charge >= 0.3 is 5.97 Å². The lowest BCUT2D eigenvalue weighted by molar-refractivity contribution is -0.142. The number of allylic oxidation sites excluding steroid dienone is 6. The predicted octanol–water partition coefficient (Wildman–Crippen LogP) is 6.71. The third kappa shape index (κ3) is 15.7. The van der Waals surface area contributed by atoms with Crippen molar-refractivity contribution in [3.63, 3.8) is 0 Å². The van der Waals surface area contributed by atoms with E-state index in [2.05, 4.69) is 64.7 Å². The molecule has 0 radical (unpaired) electrons. The fourth-order valence-corrected chi connectivity index (χ4v) is 3.12. The monoisotopic (exact) mass is 391 g/mol. The number of rotatable bonds is 15. The molecule has 0 saturated heterocycles. The van der Waals surface area contributed by atoms with Crippen LogP contribution in [-0.4, -0.2) is 37.1 Å². The van der Waals surface area contributed by atoms with Gasteiger partial charge in [0.1, 0.15) is 0 Å². The van der Waals surface area contributed by atoms with Crippen LogP contribution in [-0.2, 0) is 9.53 Å². The van der Waals surface area contributed by atoms with Crippen LogP contribution in [0.5, 0.6) is 0 Å². The van der Waals surface area contributed by atoms with Gasteiger partial charge in [0.2, 0.25) is 0 Å². The third-order valence-corrected chi connectivity index (χ3v) is 5.19. The molecule has 0 saturated carbocycles. The van der Waals surface area contributed by atoms with Crippen LogP contribution in [0.1, 0.15) is 87.0 Å². The van der Waals surface area contributed by atoms with Crippen molar-refractivity contribution in [3.05, 3.63) is 34.9 Å². The quantitative estimate of drug-likeness (QED) is 0.229. The minimum Gasteiger partial charge on any atom is -0.466 e. The van der Waals surface area contributed by atoms with Gasteiger partial charge in [0.05, 0.1) is 6.61 Å². The molecular formula is C25H45NO2. The largest absolute Gasteiger partial charge is 0.466 e. The highest BCUT2D eigenvalue weighted by atomic mass is 16.5. The van der Waals surface area contributed by atoms with E-state index in [-0.39, 0.29) is 5.97 Å². The second-order valence-electron chi connectivity index (χ2n) is 8.18. The Bertz CT molecular complexity index is 509. The second-order valence-corrected chi connectivity index (χ2v) is 8.18. The van der Waals surface area contributed by atoms with E-state index in [0.717, 1.165) is 58.2 Å². The highest BCUT2D eigenvalue weighted by Gasteiger charge is 2.11. The van der Waals surface area contributed by atoms with Crippen molar-refractivity contribution in [3.8, 4) is 0 Å². The maximum atomic E-state index is 11.2. The van der Waals surface area contributed by atoms with Gasteiger partial charge in [0, 0.05) is 6.92 Å². The van der Waals surface area contributed by atoms with Gasteiger partial charge in [-0.25, -0.2) is 0 Å². The molecule has 0 aliphatic carbocycles. The molecule has 162 valence electrons. The molecule has 0 amide bonds. The van der Waals surface area contributed by atoms with Crippen molar-refractivity contribution in [2.24, 2.45) is 5.92 Å². The van der Waals surface area contributed by atoms with Crippen LogP contribution in [0.3, 0.4) is 0 Å². The smallest absolute Gasteiger partial charge is 0.302 e. The van der Waals surface area contributed by atoms with Crippen molar-refractivity contribution >= 4 is 5.97 Å². The van der Waals surface area contributed by atoms with Crippen molar-refractivity contribution in [2.45, 2.75) is 87.0 Å². The molecule has 0 aromatic heterocycles. The predicted molar refractivity (Wildman–Crippen MR) is 123 cm³/mol. The van der Waals surface area contributed by atoms with Crippen LogP contribution in [0.15, 0.2) is 34.9 Å². The Morgan fingerprint density at radius 1 is 0.893 bits per heavy atom. The van der Waals surface area contributed by atoms with Crippen LogP contribution in [0, 0.1) is 5.92 Å². The van der Waals surface area contributed by atoms with Crippen LogP contribution in [0.2, 0.25) is 0 Å². The van der Waals surface area contributed by atoms with Gasteiger partial charge in [-0.2, -0.15) is 0 Å². The van der Waals surface area contributed by atoms with Crippen molar-refractivity contribution in [1.29, 1.82) is 0 Å². The summed E-state index contributed by atoms with van der Waals surface area (Å²) >= 11 is 0. The summed E-state index contributed by atoms with van der Waals surface area (Å²) in [6.45, 7) is 18.4. The molecule has 0 heterocycles. The lowest BCUT2D eigenvalue weighted by atomic mass is 9.99. The van der Waals surface area contributed by atoms with E-state index in [4.69, 9.17) is 4.74 Å². The first kappa shape index (κ1) is 26.6. The number of carbonyl (C=O) groups is 1. The number of esters is 1. The van der Waals surface area contributed by atoms with Crippen LogP contribution >= 0.6 is 0 Å². The highest BCUT2D eigenvalue weighted by Crippen LogP contribution is 2.16. The Balaban J connectivity index is 4.46. The molecule has 1 atom stereocenters. The van der Waals surface area contributed by atoms with Gasteiger partial charge in [-0.15, -0.1) is 0 Å². The molecule has 0 fully saturated rings. The molecule has 3 heteroatoms. The first-order chi connectivity index (χ1) is 13.3. The Labute approximate surface area is 174 Å². The maximum absolute atomic E-state index is 11.2. The first-order valence-electron chi connectivity index (χ1n) is 11.1. The molecule has 0 aromatic rings. The van der Waals surface area contributed by atoms with Crippen LogP contribution in [0.25, 0.3) is 0 Å². The summed E-state index contributed by atoms with van der Waals surface area (Å²) < 4.78 is 5.30. The van der Waals surface area contributed by atoms with Crippen molar-refractivity contribution in [2.75, 3.05) is 26.2 Å². The average molecular weight is 392 g/mol. The van der Waals surface area contributed by atoms with Crippen molar-refractivity contribution < 1.29 is 9.53 Å². The minimum atomic E-state index is -0.178. The molecule has 0 aliphatic heterocycles. The lowest BCUT2D eigenvalue weighted by Crippen LogP contribution is -2.27. The molecule has 1 unspecified atom stereocenters. The van der Waals surface area contributed by atoms with E-state index in [0.29, 0.717) is 12.5 Å². The fraction of sp³-hybridized carbons (Fsp3) is 0.720. The Morgan fingerprint density at radius 2 is 1.46 bits per heavy atom. The summed E-state index contributed by atoms with van der Waals surface area (Å²) in [6, 6.07) is 0. The summed E-state index contributed by atoms with van der Waals surface area (Å²) in [5.74, 6) is 0.225. The zero-order chi connectivity index (χ0) is 21.4. The molecule has 0 bridgehead atoms. The Hall–Kier alpha value is -1.35. The molecule has 3 nitrogen and oxygen atoms in total. The van der Waals surface area contributed by atoms with Gasteiger partial charge in [-0.1, -0.05) is 48.8 Å². The van der Waals surface area contributed by atoms with E-state index in [1.807, 2.05) is 0 Å². The van der Waals surface area contributed by atoms with Crippen LogP contribution in [0.4, 0.5) is 0 Å². The zero-order valence-electron chi connectivity index (χ0n) is 19.6. The average Bonchev–Trinajstić information content (AvgIpc) is 2.63. The highest BCUT2D eigenvalue weighted by molar-refractivity contribution is 5.65. The summed E-state index contributed by atoms with van der Waals surface area (Å²) in [6.07, 6.45) is 13.6. The van der Waals surface area contributed by atoms with Gasteiger partial charge in [-0.3, -0.25) is 4.79 Å². The topological polar surface area (TPSA) is 29.5 Å². The third-order valence-electron chi connectivity index (χ3n) is 5.19. The number of carbonyl (C=O) groups excluding carboxylic acids is 1. The van der Waals surface area contributed by atoms with E-state index in [1.165, 1.54) is 23.6 Å². The SMILES string of the molecule is CCN(CC)CCC(CC=C(C)CCC=C(C)CCC=C(C)C)COC(C)=O. The summed E-state index contributed by atoms with van der Waals surface area (Å²) in [7, 11) is 0. The van der Waals surface area contributed by atoms with Gasteiger partial charge in [0.15, 0.2) is 0 Å². The summed E-state index contributed by atoms with van der Waals surface area (Å²) in [5.41, 5.74) is 4.32. The minimum absolute atomic E-state index is 0.178. The normalized spacial score (nSPS) is 13.6. The van der Waals surface area contributed by atoms with E-state index in [1.54, 1.807) is 0 Å². The number of hydrogen-bond acceptors (Lipinski definition) is 3. The van der Waals surface area contributed by atoms with Gasteiger partial charge in [0.25, 0.3) is 0 Å². The maximum Gasteiger partial charge on any atom is 0.302 e. The van der Waals surface area contributed by atoms with Gasteiger partial charge in [-0.05, 0) is 91.8 Å². The zero-order valence-corrected chi connectivity index (χ0v) is 19.6. The number of ether oxygens (including phenoxy) is 1. The summed E-state index contributed by atoms with van der Waals surface area (Å²) in [4.78, 5) is 13.6. The molecule has 0 spiro atoms.